The Kier molecular flexibility index (Phi) is 5.98. The monoisotopic (exact) mass is 492 g/mol. The van der Waals surface area contributed by atoms with Crippen molar-refractivity contribution in [1.82, 2.24) is 0 Å². The van der Waals surface area contributed by atoms with E-state index in [4.69, 9.17) is 46.4 Å². The lowest BCUT2D eigenvalue weighted by Gasteiger charge is -2.34. The van der Waals surface area contributed by atoms with Gasteiger partial charge in [0.15, 0.2) is 4.75 Å². The van der Waals surface area contributed by atoms with Crippen molar-refractivity contribution >= 4 is 56.5 Å². The van der Waals surface area contributed by atoms with E-state index in [2.05, 4.69) is 0 Å². The van der Waals surface area contributed by atoms with Crippen molar-refractivity contribution < 1.29 is 23.2 Å². The maximum atomic E-state index is 13.0. The molecule has 5 nitrogen and oxygen atoms in total. The maximum Gasteiger partial charge on any atom is 0.283 e. The number of aromatic hydroxyl groups is 2. The molecule has 0 saturated heterocycles. The first-order chi connectivity index (χ1) is 13.5. The SMILES string of the molecule is O=S(=O)(O)C(c1ccc(Cl)cc1O)(c1ccccc1Cl)c1cc(Cl)cc(O)c1Cl. The molecule has 1 atom stereocenters. The summed E-state index contributed by atoms with van der Waals surface area (Å²) in [5, 5.41) is 20.4. The van der Waals surface area contributed by atoms with Crippen LogP contribution in [0.15, 0.2) is 54.6 Å². The van der Waals surface area contributed by atoms with Gasteiger partial charge in [0, 0.05) is 37.8 Å². The second kappa shape index (κ2) is 7.87. The Morgan fingerprint density at radius 1 is 0.724 bits per heavy atom. The fourth-order valence-corrected chi connectivity index (χ4v) is 5.60. The predicted molar refractivity (Wildman–Crippen MR) is 114 cm³/mol. The van der Waals surface area contributed by atoms with Gasteiger partial charge in [-0.25, -0.2) is 0 Å². The molecular weight excluding hydrogens is 482 g/mol. The fourth-order valence-electron chi connectivity index (χ4n) is 3.23. The average molecular weight is 494 g/mol. The maximum absolute atomic E-state index is 13.0. The second-order valence-electron chi connectivity index (χ2n) is 6.08. The summed E-state index contributed by atoms with van der Waals surface area (Å²) in [6, 6.07) is 11.7. The molecule has 0 aliphatic carbocycles. The van der Waals surface area contributed by atoms with Gasteiger partial charge < -0.3 is 10.2 Å². The van der Waals surface area contributed by atoms with Gasteiger partial charge in [-0.1, -0.05) is 70.7 Å². The molecule has 0 aliphatic heterocycles. The standard InChI is InChI=1S/C19H12Cl4O5S/c20-10-5-6-13(16(24)8-10)19(29(26,27)28,12-3-1-2-4-15(12)22)14-7-11(21)9-17(25)18(14)23/h1-9,24-25H,(H,26,27,28). The Balaban J connectivity index is 2.66. The molecule has 0 fully saturated rings. The molecule has 0 radical (unpaired) electrons. The molecule has 29 heavy (non-hydrogen) atoms. The van der Waals surface area contributed by atoms with E-state index < -0.39 is 31.4 Å². The van der Waals surface area contributed by atoms with E-state index in [1.54, 1.807) is 6.07 Å². The van der Waals surface area contributed by atoms with Crippen LogP contribution in [0.3, 0.4) is 0 Å². The molecule has 0 aromatic heterocycles. The minimum absolute atomic E-state index is 0.0463. The molecule has 0 aliphatic rings. The Morgan fingerprint density at radius 2 is 1.34 bits per heavy atom. The van der Waals surface area contributed by atoms with Crippen LogP contribution < -0.4 is 0 Å². The highest BCUT2D eigenvalue weighted by atomic mass is 35.5. The van der Waals surface area contributed by atoms with Crippen LogP contribution in [0.4, 0.5) is 0 Å². The lowest BCUT2D eigenvalue weighted by molar-refractivity contribution is 0.439. The fraction of sp³-hybridized carbons (Fsp3) is 0.0526. The minimum atomic E-state index is -5.14. The van der Waals surface area contributed by atoms with E-state index in [0.29, 0.717) is 0 Å². The summed E-state index contributed by atoms with van der Waals surface area (Å²) in [6.45, 7) is 0. The molecule has 0 heterocycles. The molecule has 0 amide bonds. The van der Waals surface area contributed by atoms with E-state index in [-0.39, 0.29) is 31.8 Å². The number of phenolic OH excluding ortho intramolecular Hbond substituents is 2. The number of rotatable bonds is 4. The van der Waals surface area contributed by atoms with Gasteiger partial charge >= 0.3 is 0 Å². The summed E-state index contributed by atoms with van der Waals surface area (Å²) in [7, 11) is -5.14. The zero-order valence-electron chi connectivity index (χ0n) is 14.3. The Hall–Kier alpha value is -1.67. The minimum Gasteiger partial charge on any atom is -0.508 e. The summed E-state index contributed by atoms with van der Waals surface area (Å²) >= 11 is 24.5. The van der Waals surface area contributed by atoms with Crippen LogP contribution in [0.1, 0.15) is 16.7 Å². The van der Waals surface area contributed by atoms with Crippen molar-refractivity contribution in [3.05, 3.63) is 91.4 Å². The number of hydrogen-bond donors (Lipinski definition) is 3. The Bertz CT molecular complexity index is 1210. The first-order valence-corrected chi connectivity index (χ1v) is 10.8. The van der Waals surface area contributed by atoms with Gasteiger partial charge in [0.25, 0.3) is 10.1 Å². The molecule has 0 saturated carbocycles. The van der Waals surface area contributed by atoms with E-state index in [0.717, 1.165) is 18.2 Å². The van der Waals surface area contributed by atoms with E-state index in [1.165, 1.54) is 30.3 Å². The number of benzene rings is 3. The number of halogens is 4. The molecule has 152 valence electrons. The van der Waals surface area contributed by atoms with Crippen LogP contribution >= 0.6 is 46.4 Å². The van der Waals surface area contributed by atoms with Crippen LogP contribution in [-0.2, 0) is 14.9 Å². The van der Waals surface area contributed by atoms with Crippen molar-refractivity contribution in [3.8, 4) is 11.5 Å². The first kappa shape index (κ1) is 22.0. The summed E-state index contributed by atoms with van der Waals surface area (Å²) in [6.07, 6.45) is 0. The summed E-state index contributed by atoms with van der Waals surface area (Å²) in [4.78, 5) is 0. The average Bonchev–Trinajstić information content (AvgIpc) is 2.61. The van der Waals surface area contributed by atoms with Gasteiger partial charge in [-0.3, -0.25) is 4.55 Å². The lowest BCUT2D eigenvalue weighted by Crippen LogP contribution is -2.39. The van der Waals surface area contributed by atoms with Crippen LogP contribution in [0.2, 0.25) is 20.1 Å². The molecule has 0 spiro atoms. The molecule has 1 unspecified atom stereocenters. The van der Waals surface area contributed by atoms with Gasteiger partial charge in [0.05, 0.1) is 5.02 Å². The number of hydrogen-bond acceptors (Lipinski definition) is 4. The molecule has 0 bridgehead atoms. The van der Waals surface area contributed by atoms with Crippen LogP contribution in [0, 0.1) is 0 Å². The van der Waals surface area contributed by atoms with Gasteiger partial charge in [-0.05, 0) is 24.3 Å². The van der Waals surface area contributed by atoms with Crippen molar-refractivity contribution in [2.75, 3.05) is 0 Å². The highest BCUT2D eigenvalue weighted by Crippen LogP contribution is 2.53. The molecular formula is C19H12Cl4O5S. The number of phenols is 2. The summed E-state index contributed by atoms with van der Waals surface area (Å²) < 4.78 is 33.9. The Labute approximate surface area is 186 Å². The normalized spacial score (nSPS) is 13.8. The quantitative estimate of drug-likeness (QED) is 0.311. The van der Waals surface area contributed by atoms with Crippen LogP contribution in [0.5, 0.6) is 11.5 Å². The second-order valence-corrected chi connectivity index (χ2v) is 9.30. The first-order valence-electron chi connectivity index (χ1n) is 7.89. The van der Waals surface area contributed by atoms with Crippen LogP contribution in [-0.4, -0.2) is 23.2 Å². The van der Waals surface area contributed by atoms with Crippen molar-refractivity contribution in [2.45, 2.75) is 4.75 Å². The smallest absolute Gasteiger partial charge is 0.283 e. The predicted octanol–water partition coefficient (Wildman–Crippen LogP) is 5.89. The van der Waals surface area contributed by atoms with E-state index >= 15 is 0 Å². The molecule has 3 aromatic rings. The summed E-state index contributed by atoms with van der Waals surface area (Å²) in [5.74, 6) is -1.08. The molecule has 3 N–H and O–H groups in total. The third-order valence-corrected chi connectivity index (χ3v) is 6.99. The van der Waals surface area contributed by atoms with Gasteiger partial charge in [0.2, 0.25) is 0 Å². The lowest BCUT2D eigenvalue weighted by atomic mass is 9.83. The highest BCUT2D eigenvalue weighted by Gasteiger charge is 2.52. The Morgan fingerprint density at radius 3 is 1.93 bits per heavy atom. The zero-order valence-corrected chi connectivity index (χ0v) is 18.1. The molecule has 3 rings (SSSR count). The third-order valence-electron chi connectivity index (χ3n) is 4.38. The zero-order chi connectivity index (χ0) is 21.6. The van der Waals surface area contributed by atoms with Crippen molar-refractivity contribution in [2.24, 2.45) is 0 Å². The van der Waals surface area contributed by atoms with Gasteiger partial charge in [-0.2, -0.15) is 8.42 Å². The largest absolute Gasteiger partial charge is 0.508 e. The topological polar surface area (TPSA) is 94.8 Å². The van der Waals surface area contributed by atoms with E-state index in [1.807, 2.05) is 0 Å². The van der Waals surface area contributed by atoms with Gasteiger partial charge in [-0.15, -0.1) is 0 Å². The van der Waals surface area contributed by atoms with E-state index in [9.17, 15) is 23.2 Å². The molecule has 10 heteroatoms. The van der Waals surface area contributed by atoms with Crippen molar-refractivity contribution in [3.63, 3.8) is 0 Å². The van der Waals surface area contributed by atoms with Crippen molar-refractivity contribution in [1.29, 1.82) is 0 Å². The molecule has 3 aromatic carbocycles. The van der Waals surface area contributed by atoms with Gasteiger partial charge in [0.1, 0.15) is 11.5 Å². The summed E-state index contributed by atoms with van der Waals surface area (Å²) in [5.41, 5.74) is -0.719. The van der Waals surface area contributed by atoms with Crippen LogP contribution in [0.25, 0.3) is 0 Å². The highest BCUT2D eigenvalue weighted by molar-refractivity contribution is 7.87. The third kappa shape index (κ3) is 3.65.